The van der Waals surface area contributed by atoms with Crippen LogP contribution in [0.1, 0.15) is 21.7 Å². The number of fused-ring (bicyclic) bond motifs is 1. The van der Waals surface area contributed by atoms with E-state index in [1.807, 2.05) is 13.8 Å². The molecule has 1 aliphatic heterocycles. The average molecular weight is 405 g/mol. The normalized spacial score (nSPS) is 15.8. The van der Waals surface area contributed by atoms with E-state index in [9.17, 15) is 9.59 Å². The van der Waals surface area contributed by atoms with Crippen LogP contribution >= 0.6 is 0 Å². The van der Waals surface area contributed by atoms with Crippen LogP contribution in [0.3, 0.4) is 0 Å². The predicted molar refractivity (Wildman–Crippen MR) is 107 cm³/mol. The fourth-order valence-corrected chi connectivity index (χ4v) is 3.07. The number of rotatable bonds is 3. The maximum absolute atomic E-state index is 12.8. The van der Waals surface area contributed by atoms with Crippen molar-refractivity contribution < 1.29 is 14.3 Å². The summed E-state index contributed by atoms with van der Waals surface area (Å²) in [5.41, 5.74) is 2.88. The number of ether oxygens (including phenoxy) is 1. The molecule has 0 bridgehead atoms. The van der Waals surface area contributed by atoms with Gasteiger partial charge in [-0.1, -0.05) is 0 Å². The van der Waals surface area contributed by atoms with Crippen LogP contribution in [0.4, 0.5) is 5.82 Å². The molecule has 30 heavy (non-hydrogen) atoms. The molecule has 3 aromatic heterocycles. The minimum Gasteiger partial charge on any atom is -0.487 e. The van der Waals surface area contributed by atoms with Crippen molar-refractivity contribution in [3.63, 3.8) is 0 Å². The first-order chi connectivity index (χ1) is 14.4. The molecule has 4 rings (SSSR count). The molecule has 0 aromatic carbocycles. The van der Waals surface area contributed by atoms with Gasteiger partial charge < -0.3 is 10.1 Å². The van der Waals surface area contributed by atoms with Gasteiger partial charge >= 0.3 is 0 Å². The number of nitrogens with one attached hydrogen (secondary N) is 1. The number of nitrogens with zero attached hydrogens (tertiary/aromatic N) is 6. The Balaban J connectivity index is 1.57. The summed E-state index contributed by atoms with van der Waals surface area (Å²) in [5, 5.41) is 2.66. The number of hydrogen-bond donors (Lipinski definition) is 1. The summed E-state index contributed by atoms with van der Waals surface area (Å²) in [6, 6.07) is 0.888. The molecule has 0 fully saturated rings. The average Bonchev–Trinajstić information content (AvgIpc) is 2.86. The molecule has 0 saturated carbocycles. The molecule has 4 heterocycles. The fourth-order valence-electron chi connectivity index (χ4n) is 3.07. The maximum Gasteiger partial charge on any atom is 0.289 e. The molecule has 2 amide bonds. The molecule has 10 heteroatoms. The summed E-state index contributed by atoms with van der Waals surface area (Å²) in [6.45, 7) is 3.68. The lowest BCUT2D eigenvalue weighted by molar-refractivity contribution is -0.120. The minimum atomic E-state index is -0.912. The number of anilines is 1. The van der Waals surface area contributed by atoms with Crippen molar-refractivity contribution in [3.05, 3.63) is 54.1 Å². The number of aromatic nitrogens is 5. The van der Waals surface area contributed by atoms with E-state index in [2.05, 4.69) is 30.2 Å². The quantitative estimate of drug-likeness (QED) is 0.687. The van der Waals surface area contributed by atoms with Crippen molar-refractivity contribution >= 4 is 17.6 Å². The van der Waals surface area contributed by atoms with Gasteiger partial charge in [-0.2, -0.15) is 0 Å². The summed E-state index contributed by atoms with van der Waals surface area (Å²) in [5.74, 6) is -0.104. The molecule has 1 aliphatic rings. The van der Waals surface area contributed by atoms with Crippen LogP contribution in [-0.2, 0) is 4.79 Å². The van der Waals surface area contributed by atoms with Gasteiger partial charge in [-0.15, -0.1) is 0 Å². The number of amides is 2. The summed E-state index contributed by atoms with van der Waals surface area (Å²) >= 11 is 0. The standard InChI is InChI=1S/C20H19N7O3/c1-11-4-15-18(24-5-11)27(3)20(29)14(9-30-15)25-19(28)17-23-6-12(2)16(26-17)13-7-21-10-22-8-13/h4-8,10,14H,9H2,1-3H3,(H,25,28)/t14-/m0/s1. The highest BCUT2D eigenvalue weighted by Crippen LogP contribution is 2.28. The van der Waals surface area contributed by atoms with Gasteiger partial charge in [0.15, 0.2) is 11.6 Å². The second kappa shape index (κ2) is 7.82. The molecule has 0 aliphatic carbocycles. The van der Waals surface area contributed by atoms with Gasteiger partial charge in [0.2, 0.25) is 5.82 Å². The second-order valence-electron chi connectivity index (χ2n) is 6.92. The molecule has 152 valence electrons. The van der Waals surface area contributed by atoms with Gasteiger partial charge in [-0.25, -0.2) is 24.9 Å². The molecule has 10 nitrogen and oxygen atoms in total. The Morgan fingerprint density at radius 1 is 1.17 bits per heavy atom. The summed E-state index contributed by atoms with van der Waals surface area (Å²) in [6.07, 6.45) is 7.82. The number of aryl methyl sites for hydroxylation is 2. The van der Waals surface area contributed by atoms with Crippen LogP contribution in [0.2, 0.25) is 0 Å². The summed E-state index contributed by atoms with van der Waals surface area (Å²) < 4.78 is 5.73. The van der Waals surface area contributed by atoms with E-state index in [1.165, 1.54) is 11.2 Å². The zero-order valence-electron chi connectivity index (χ0n) is 16.7. The zero-order chi connectivity index (χ0) is 21.3. The van der Waals surface area contributed by atoms with Crippen LogP contribution in [0.5, 0.6) is 5.75 Å². The van der Waals surface area contributed by atoms with Crippen LogP contribution in [0, 0.1) is 13.8 Å². The van der Waals surface area contributed by atoms with Crippen molar-refractivity contribution in [2.45, 2.75) is 19.9 Å². The summed E-state index contributed by atoms with van der Waals surface area (Å²) in [7, 11) is 1.59. The first-order valence-electron chi connectivity index (χ1n) is 9.21. The van der Waals surface area contributed by atoms with E-state index in [4.69, 9.17) is 4.74 Å². The Morgan fingerprint density at radius 3 is 2.70 bits per heavy atom. The lowest BCUT2D eigenvalue weighted by Gasteiger charge is -2.19. The highest BCUT2D eigenvalue weighted by atomic mass is 16.5. The number of pyridine rings is 1. The monoisotopic (exact) mass is 405 g/mol. The van der Waals surface area contributed by atoms with E-state index >= 15 is 0 Å². The number of hydrogen-bond acceptors (Lipinski definition) is 8. The van der Waals surface area contributed by atoms with Crippen LogP contribution in [0.25, 0.3) is 11.3 Å². The Bertz CT molecular complexity index is 1120. The molecule has 0 saturated heterocycles. The molecular weight excluding hydrogens is 386 g/mol. The topological polar surface area (TPSA) is 123 Å². The van der Waals surface area contributed by atoms with E-state index < -0.39 is 11.9 Å². The third-order valence-corrected chi connectivity index (χ3v) is 4.64. The fraction of sp³-hybridized carbons (Fsp3) is 0.250. The highest BCUT2D eigenvalue weighted by molar-refractivity contribution is 6.01. The van der Waals surface area contributed by atoms with Crippen LogP contribution in [-0.4, -0.2) is 56.4 Å². The Labute approximate surface area is 172 Å². The summed E-state index contributed by atoms with van der Waals surface area (Å²) in [4.78, 5) is 47.7. The Morgan fingerprint density at radius 2 is 1.93 bits per heavy atom. The van der Waals surface area contributed by atoms with Gasteiger partial charge in [0.25, 0.3) is 11.8 Å². The molecule has 1 atom stereocenters. The predicted octanol–water partition coefficient (Wildman–Crippen LogP) is 1.10. The SMILES string of the molecule is Cc1cnc2c(c1)OC[C@H](NC(=O)c1ncc(C)c(-c3cncnc3)n1)C(=O)N2C. The van der Waals surface area contributed by atoms with Crippen molar-refractivity contribution in [3.8, 4) is 17.0 Å². The van der Waals surface area contributed by atoms with Crippen molar-refractivity contribution in [1.29, 1.82) is 0 Å². The van der Waals surface area contributed by atoms with E-state index in [0.29, 0.717) is 22.8 Å². The second-order valence-corrected chi connectivity index (χ2v) is 6.92. The van der Waals surface area contributed by atoms with Gasteiger partial charge in [0.05, 0.1) is 5.69 Å². The lowest BCUT2D eigenvalue weighted by atomic mass is 10.1. The Hall–Kier alpha value is -3.95. The van der Waals surface area contributed by atoms with Crippen molar-refractivity contribution in [2.24, 2.45) is 0 Å². The molecular formula is C20H19N7O3. The molecule has 3 aromatic rings. The van der Waals surface area contributed by atoms with Gasteiger partial charge in [-0.3, -0.25) is 14.5 Å². The van der Waals surface area contributed by atoms with Gasteiger partial charge in [0.1, 0.15) is 19.0 Å². The smallest absolute Gasteiger partial charge is 0.289 e. The van der Waals surface area contributed by atoms with E-state index in [1.54, 1.807) is 37.9 Å². The first kappa shape index (κ1) is 19.4. The molecule has 0 spiro atoms. The zero-order valence-corrected chi connectivity index (χ0v) is 16.7. The molecule has 0 radical (unpaired) electrons. The van der Waals surface area contributed by atoms with E-state index in [-0.39, 0.29) is 18.3 Å². The first-order valence-corrected chi connectivity index (χ1v) is 9.21. The van der Waals surface area contributed by atoms with Crippen molar-refractivity contribution in [2.75, 3.05) is 18.6 Å². The Kier molecular flexibility index (Phi) is 5.05. The minimum absolute atomic E-state index is 0.0295. The van der Waals surface area contributed by atoms with Crippen LogP contribution < -0.4 is 15.0 Å². The highest BCUT2D eigenvalue weighted by Gasteiger charge is 2.32. The lowest BCUT2D eigenvalue weighted by Crippen LogP contribution is -2.49. The van der Waals surface area contributed by atoms with Gasteiger partial charge in [0, 0.05) is 37.4 Å². The molecule has 1 N–H and O–H groups in total. The molecule has 0 unspecified atom stereocenters. The number of likely N-dealkylation sites (N-methyl/N-ethyl adjacent to an activating group) is 1. The third-order valence-electron chi connectivity index (χ3n) is 4.64. The number of carbonyl (C=O) groups excluding carboxylic acids is 2. The van der Waals surface area contributed by atoms with Crippen molar-refractivity contribution in [1.82, 2.24) is 30.2 Å². The third kappa shape index (κ3) is 3.66. The van der Waals surface area contributed by atoms with Crippen LogP contribution in [0.15, 0.2) is 37.2 Å². The maximum atomic E-state index is 12.8. The van der Waals surface area contributed by atoms with Gasteiger partial charge in [-0.05, 0) is 31.0 Å². The largest absolute Gasteiger partial charge is 0.487 e. The number of carbonyl (C=O) groups is 2. The van der Waals surface area contributed by atoms with E-state index in [0.717, 1.165) is 11.1 Å².